The van der Waals surface area contributed by atoms with E-state index in [-0.39, 0.29) is 5.97 Å². The van der Waals surface area contributed by atoms with Gasteiger partial charge >= 0.3 is 5.97 Å². The summed E-state index contributed by atoms with van der Waals surface area (Å²) in [5, 5.41) is 9.77. The molecule has 2 rings (SSSR count). The number of cyclic esters (lactones) is 1. The highest BCUT2D eigenvalue weighted by atomic mass is 16.5. The number of esters is 1. The van der Waals surface area contributed by atoms with Crippen LogP contribution in [0, 0.1) is 5.41 Å². The Labute approximate surface area is 77.4 Å². The summed E-state index contributed by atoms with van der Waals surface area (Å²) in [6, 6.07) is 0. The molecule has 0 bridgehead atoms. The van der Waals surface area contributed by atoms with Crippen LogP contribution in [-0.4, -0.2) is 23.8 Å². The van der Waals surface area contributed by atoms with Crippen molar-refractivity contribution in [1.29, 1.82) is 0 Å². The van der Waals surface area contributed by atoms with Crippen molar-refractivity contribution in [3.8, 4) is 0 Å². The van der Waals surface area contributed by atoms with Crippen molar-refractivity contribution < 1.29 is 14.6 Å². The van der Waals surface area contributed by atoms with Gasteiger partial charge in [-0.3, -0.25) is 4.79 Å². The highest BCUT2D eigenvalue weighted by Gasteiger charge is 2.47. The minimum absolute atomic E-state index is 0.212. The largest absolute Gasteiger partial charge is 0.465 e. The number of rotatable bonds is 0. The molecule has 1 spiro atoms. The van der Waals surface area contributed by atoms with Crippen LogP contribution in [0.3, 0.4) is 0 Å². The fourth-order valence-electron chi connectivity index (χ4n) is 2.19. The molecule has 3 nitrogen and oxygen atoms in total. The molecule has 1 heterocycles. The Morgan fingerprint density at radius 1 is 1.54 bits per heavy atom. The molecule has 1 aliphatic heterocycles. The number of aliphatic hydroxyl groups is 1. The molecule has 2 atom stereocenters. The first kappa shape index (κ1) is 8.75. The van der Waals surface area contributed by atoms with Crippen molar-refractivity contribution in [3.63, 3.8) is 0 Å². The number of ether oxygens (including phenoxy) is 1. The van der Waals surface area contributed by atoms with E-state index in [1.54, 1.807) is 6.08 Å². The zero-order valence-electron chi connectivity index (χ0n) is 7.53. The molecular weight excluding hydrogens is 168 g/mol. The summed E-state index contributed by atoms with van der Waals surface area (Å²) in [4.78, 5) is 11.6. The topological polar surface area (TPSA) is 46.5 Å². The maximum atomic E-state index is 11.6. The van der Waals surface area contributed by atoms with E-state index in [0.29, 0.717) is 6.61 Å². The quantitative estimate of drug-likeness (QED) is 0.449. The Morgan fingerprint density at radius 2 is 2.38 bits per heavy atom. The van der Waals surface area contributed by atoms with Gasteiger partial charge in [-0.05, 0) is 25.7 Å². The monoisotopic (exact) mass is 182 g/mol. The number of carbonyl (C=O) groups is 1. The van der Waals surface area contributed by atoms with E-state index >= 15 is 0 Å². The zero-order valence-corrected chi connectivity index (χ0v) is 7.53. The lowest BCUT2D eigenvalue weighted by atomic mass is 9.71. The molecule has 72 valence electrons. The van der Waals surface area contributed by atoms with Gasteiger partial charge in [-0.25, -0.2) is 0 Å². The maximum Gasteiger partial charge on any atom is 0.315 e. The van der Waals surface area contributed by atoms with E-state index in [0.717, 1.165) is 25.7 Å². The molecule has 0 aromatic carbocycles. The van der Waals surface area contributed by atoms with Crippen molar-refractivity contribution in [3.05, 3.63) is 12.2 Å². The van der Waals surface area contributed by atoms with Crippen LogP contribution < -0.4 is 0 Å². The van der Waals surface area contributed by atoms with Gasteiger partial charge < -0.3 is 9.84 Å². The summed E-state index contributed by atoms with van der Waals surface area (Å²) in [6.07, 6.45) is 6.23. The van der Waals surface area contributed by atoms with Crippen LogP contribution >= 0.6 is 0 Å². The van der Waals surface area contributed by atoms with E-state index in [4.69, 9.17) is 4.74 Å². The first-order valence-corrected chi connectivity index (χ1v) is 4.78. The first-order valence-electron chi connectivity index (χ1n) is 4.78. The van der Waals surface area contributed by atoms with Crippen LogP contribution in [0.2, 0.25) is 0 Å². The Balaban J connectivity index is 2.25. The molecule has 2 unspecified atom stereocenters. The average molecular weight is 182 g/mol. The first-order chi connectivity index (χ1) is 6.26. The number of allylic oxidation sites excluding steroid dienone is 1. The molecule has 1 aliphatic carbocycles. The van der Waals surface area contributed by atoms with E-state index in [1.165, 1.54) is 0 Å². The second kappa shape index (κ2) is 3.14. The maximum absolute atomic E-state index is 11.6. The molecular formula is C10H14O3. The van der Waals surface area contributed by atoms with Gasteiger partial charge in [-0.15, -0.1) is 0 Å². The highest BCUT2D eigenvalue weighted by molar-refractivity contribution is 5.78. The third kappa shape index (κ3) is 1.27. The number of hydrogen-bond donors (Lipinski definition) is 1. The van der Waals surface area contributed by atoms with Gasteiger partial charge in [0.05, 0.1) is 18.1 Å². The Hall–Kier alpha value is -0.830. The minimum Gasteiger partial charge on any atom is -0.465 e. The number of aliphatic hydroxyl groups excluding tert-OH is 1. The SMILES string of the molecule is O=C1OCCCC12CCC=CC2O. The smallest absolute Gasteiger partial charge is 0.315 e. The minimum atomic E-state index is -0.644. The summed E-state index contributed by atoms with van der Waals surface area (Å²) in [5.74, 6) is -0.212. The summed E-state index contributed by atoms with van der Waals surface area (Å²) >= 11 is 0. The van der Waals surface area contributed by atoms with E-state index in [9.17, 15) is 9.90 Å². The molecule has 1 saturated heterocycles. The van der Waals surface area contributed by atoms with Crippen LogP contribution in [-0.2, 0) is 9.53 Å². The summed E-state index contributed by atoms with van der Waals surface area (Å²) in [5.41, 5.74) is -0.618. The van der Waals surface area contributed by atoms with Gasteiger partial charge in [0.25, 0.3) is 0 Å². The lowest BCUT2D eigenvalue weighted by Crippen LogP contribution is -2.46. The van der Waals surface area contributed by atoms with Gasteiger partial charge in [0.15, 0.2) is 0 Å². The molecule has 3 heteroatoms. The van der Waals surface area contributed by atoms with Crippen LogP contribution in [0.15, 0.2) is 12.2 Å². The predicted molar refractivity (Wildman–Crippen MR) is 47.0 cm³/mol. The second-order valence-electron chi connectivity index (χ2n) is 3.81. The average Bonchev–Trinajstić information content (AvgIpc) is 2.15. The van der Waals surface area contributed by atoms with E-state index in [2.05, 4.69) is 0 Å². The molecule has 1 fully saturated rings. The van der Waals surface area contributed by atoms with Gasteiger partial charge in [0.2, 0.25) is 0 Å². The van der Waals surface area contributed by atoms with Crippen molar-refractivity contribution >= 4 is 5.97 Å². The fourth-order valence-corrected chi connectivity index (χ4v) is 2.19. The Bertz CT molecular complexity index is 247. The van der Waals surface area contributed by atoms with E-state index < -0.39 is 11.5 Å². The normalized spacial score (nSPS) is 39.2. The Kier molecular flexibility index (Phi) is 2.12. The van der Waals surface area contributed by atoms with Crippen LogP contribution in [0.1, 0.15) is 25.7 Å². The molecule has 0 aromatic heterocycles. The van der Waals surface area contributed by atoms with Gasteiger partial charge in [-0.2, -0.15) is 0 Å². The molecule has 0 saturated carbocycles. The van der Waals surface area contributed by atoms with Crippen molar-refractivity contribution in [2.24, 2.45) is 5.41 Å². The third-order valence-corrected chi connectivity index (χ3v) is 3.05. The van der Waals surface area contributed by atoms with Crippen molar-refractivity contribution in [1.82, 2.24) is 0 Å². The number of hydrogen-bond acceptors (Lipinski definition) is 3. The zero-order chi connectivity index (χ0) is 9.31. The third-order valence-electron chi connectivity index (χ3n) is 3.05. The van der Waals surface area contributed by atoms with Crippen molar-refractivity contribution in [2.45, 2.75) is 31.8 Å². The standard InChI is InChI=1S/C10H14O3/c11-8-4-1-2-5-10(8)6-3-7-13-9(10)12/h1,4,8,11H,2-3,5-7H2. The lowest BCUT2D eigenvalue weighted by molar-refractivity contribution is -0.170. The molecule has 2 aliphatic rings. The van der Waals surface area contributed by atoms with Crippen LogP contribution in [0.4, 0.5) is 0 Å². The van der Waals surface area contributed by atoms with Gasteiger partial charge in [0, 0.05) is 0 Å². The van der Waals surface area contributed by atoms with E-state index in [1.807, 2.05) is 6.08 Å². The van der Waals surface area contributed by atoms with Gasteiger partial charge in [-0.1, -0.05) is 12.2 Å². The summed E-state index contributed by atoms with van der Waals surface area (Å²) in [7, 11) is 0. The van der Waals surface area contributed by atoms with Crippen LogP contribution in [0.25, 0.3) is 0 Å². The fraction of sp³-hybridized carbons (Fsp3) is 0.700. The van der Waals surface area contributed by atoms with Gasteiger partial charge in [0.1, 0.15) is 0 Å². The predicted octanol–water partition coefficient (Wildman–Crippen LogP) is 1.02. The summed E-state index contributed by atoms with van der Waals surface area (Å²) in [6.45, 7) is 0.511. The van der Waals surface area contributed by atoms with Crippen LogP contribution in [0.5, 0.6) is 0 Å². The molecule has 1 N–H and O–H groups in total. The molecule has 0 aromatic rings. The highest BCUT2D eigenvalue weighted by Crippen LogP contribution is 2.40. The Morgan fingerprint density at radius 3 is 3.08 bits per heavy atom. The molecule has 0 amide bonds. The number of carbonyl (C=O) groups excluding carboxylic acids is 1. The molecule has 13 heavy (non-hydrogen) atoms. The summed E-state index contributed by atoms with van der Waals surface area (Å²) < 4.78 is 5.01. The lowest BCUT2D eigenvalue weighted by Gasteiger charge is -2.39. The van der Waals surface area contributed by atoms with Crippen molar-refractivity contribution in [2.75, 3.05) is 6.61 Å². The molecule has 0 radical (unpaired) electrons. The second-order valence-corrected chi connectivity index (χ2v) is 3.81.